The number of hydrogen-bond donors (Lipinski definition) is 3. The van der Waals surface area contributed by atoms with Crippen molar-refractivity contribution in [2.24, 2.45) is 0 Å². The van der Waals surface area contributed by atoms with Crippen LogP contribution in [0.25, 0.3) is 11.6 Å². The Hall–Kier alpha value is -3.86. The Bertz CT molecular complexity index is 1520. The van der Waals surface area contributed by atoms with Gasteiger partial charge in [0.05, 0.1) is 21.8 Å². The van der Waals surface area contributed by atoms with Crippen LogP contribution in [0.2, 0.25) is 0 Å². The minimum absolute atomic E-state index is 0.0564. The number of carboxylic acid groups (broad SMARTS) is 1. The number of carbonyl (C=O) groups is 2. The van der Waals surface area contributed by atoms with Crippen LogP contribution in [0.5, 0.6) is 0 Å². The van der Waals surface area contributed by atoms with E-state index in [1.165, 1.54) is 24.3 Å². The molecule has 1 amide bonds. The Balaban J connectivity index is 1.78. The number of anilines is 1. The van der Waals surface area contributed by atoms with Gasteiger partial charge in [0.1, 0.15) is 5.82 Å². The Morgan fingerprint density at radius 3 is 2.41 bits per heavy atom. The highest BCUT2D eigenvalue weighted by atomic mass is 32.2. The van der Waals surface area contributed by atoms with E-state index in [0.717, 1.165) is 0 Å². The van der Waals surface area contributed by atoms with Gasteiger partial charge in [-0.2, -0.15) is 0 Å². The fraction of sp³-hybridized carbons (Fsp3) is 0.130. The fourth-order valence-corrected chi connectivity index (χ4v) is 5.25. The first-order valence-electron chi connectivity index (χ1n) is 9.85. The number of rotatable bonds is 5. The molecule has 0 spiro atoms. The van der Waals surface area contributed by atoms with Gasteiger partial charge in [-0.05, 0) is 55.8 Å². The van der Waals surface area contributed by atoms with Crippen molar-refractivity contribution in [3.63, 3.8) is 0 Å². The smallest absolute Gasteiger partial charge is 0.337 e. The van der Waals surface area contributed by atoms with Crippen LogP contribution < -0.4 is 5.32 Å². The summed E-state index contributed by atoms with van der Waals surface area (Å²) in [6.45, 7) is 3.13. The molecule has 0 atom stereocenters. The molecule has 0 bridgehead atoms. The molecule has 34 heavy (non-hydrogen) atoms. The first-order chi connectivity index (χ1) is 15.9. The Morgan fingerprint density at radius 1 is 1.09 bits per heavy atom. The van der Waals surface area contributed by atoms with Crippen LogP contribution in [-0.4, -0.2) is 30.4 Å². The predicted octanol–water partition coefficient (Wildman–Crippen LogP) is 4.21. The SMILES string of the molecule is Cc1[nH]c(/C=C2\C(=O)Nc3ccc(S(=O)(=O)Cc4c(F)ccc(F)c4F)cc32)c(C)c1C(=O)O. The summed E-state index contributed by atoms with van der Waals surface area (Å²) in [6.07, 6.45) is 1.40. The van der Waals surface area contributed by atoms with Gasteiger partial charge in [-0.1, -0.05) is 0 Å². The summed E-state index contributed by atoms with van der Waals surface area (Å²) in [4.78, 5) is 26.6. The van der Waals surface area contributed by atoms with E-state index in [9.17, 15) is 36.3 Å². The summed E-state index contributed by atoms with van der Waals surface area (Å²) in [5.74, 6) is -6.98. The summed E-state index contributed by atoms with van der Waals surface area (Å²) >= 11 is 0. The highest BCUT2D eigenvalue weighted by Gasteiger charge is 2.29. The summed E-state index contributed by atoms with van der Waals surface area (Å²) in [7, 11) is -4.33. The van der Waals surface area contributed by atoms with Crippen LogP contribution in [-0.2, 0) is 20.4 Å². The molecule has 0 saturated heterocycles. The average molecular weight is 490 g/mol. The van der Waals surface area contributed by atoms with Gasteiger partial charge in [0.2, 0.25) is 0 Å². The predicted molar refractivity (Wildman–Crippen MR) is 117 cm³/mol. The lowest BCUT2D eigenvalue weighted by Crippen LogP contribution is -2.10. The molecule has 176 valence electrons. The number of hydrogen-bond acceptors (Lipinski definition) is 4. The van der Waals surface area contributed by atoms with E-state index in [1.807, 2.05) is 0 Å². The van der Waals surface area contributed by atoms with Crippen molar-refractivity contribution in [2.45, 2.75) is 24.5 Å². The van der Waals surface area contributed by atoms with Crippen LogP contribution in [0.3, 0.4) is 0 Å². The third-order valence-electron chi connectivity index (χ3n) is 5.59. The van der Waals surface area contributed by atoms with Crippen molar-refractivity contribution in [1.82, 2.24) is 4.98 Å². The number of aromatic amines is 1. The van der Waals surface area contributed by atoms with Crippen LogP contribution >= 0.6 is 0 Å². The lowest BCUT2D eigenvalue weighted by atomic mass is 10.0. The van der Waals surface area contributed by atoms with Gasteiger partial charge in [-0.3, -0.25) is 4.79 Å². The van der Waals surface area contributed by atoms with Crippen LogP contribution in [0.1, 0.15) is 38.4 Å². The number of halogens is 3. The van der Waals surface area contributed by atoms with Gasteiger partial charge in [-0.25, -0.2) is 26.4 Å². The number of H-pyrrole nitrogens is 1. The normalized spacial score (nSPS) is 14.4. The third kappa shape index (κ3) is 3.87. The molecule has 3 aromatic rings. The fourth-order valence-electron chi connectivity index (χ4n) is 3.86. The monoisotopic (exact) mass is 490 g/mol. The Morgan fingerprint density at radius 2 is 1.76 bits per heavy atom. The van der Waals surface area contributed by atoms with Crippen molar-refractivity contribution < 1.29 is 36.3 Å². The number of carbonyl (C=O) groups excluding carboxylic acids is 1. The van der Waals surface area contributed by atoms with Gasteiger partial charge < -0.3 is 15.4 Å². The lowest BCUT2D eigenvalue weighted by Gasteiger charge is -2.09. The molecule has 0 unspecified atom stereocenters. The number of benzene rings is 2. The molecule has 0 saturated carbocycles. The molecule has 1 aliphatic rings. The summed E-state index contributed by atoms with van der Waals surface area (Å²) in [5, 5.41) is 12.0. The summed E-state index contributed by atoms with van der Waals surface area (Å²) < 4.78 is 67.3. The lowest BCUT2D eigenvalue weighted by molar-refractivity contribution is -0.110. The van der Waals surface area contributed by atoms with E-state index < -0.39 is 50.5 Å². The zero-order valence-corrected chi connectivity index (χ0v) is 18.6. The second kappa shape index (κ2) is 8.17. The molecule has 0 radical (unpaired) electrons. The van der Waals surface area contributed by atoms with E-state index in [4.69, 9.17) is 0 Å². The standard InChI is InChI=1S/C23H17F3N2O5S/c1-10-19(27-11(2)20(10)23(30)31)8-14-13-7-12(3-6-18(13)28-22(14)29)34(32,33)9-15-16(24)4-5-17(25)21(15)26/h3-8,27H,9H2,1-2H3,(H,28,29)(H,30,31)/b14-8-. The van der Waals surface area contributed by atoms with Crippen molar-refractivity contribution in [3.05, 3.63) is 81.4 Å². The molecule has 4 rings (SSSR count). The van der Waals surface area contributed by atoms with Crippen molar-refractivity contribution in [2.75, 3.05) is 5.32 Å². The van der Waals surface area contributed by atoms with Crippen LogP contribution in [0.15, 0.2) is 35.2 Å². The molecular formula is C23H17F3N2O5S. The van der Waals surface area contributed by atoms with Gasteiger partial charge in [0.15, 0.2) is 21.5 Å². The maximum Gasteiger partial charge on any atom is 0.337 e. The van der Waals surface area contributed by atoms with E-state index in [0.29, 0.717) is 34.8 Å². The van der Waals surface area contributed by atoms with E-state index in [1.54, 1.807) is 13.8 Å². The number of carboxylic acids is 1. The van der Waals surface area contributed by atoms with Crippen molar-refractivity contribution >= 4 is 39.1 Å². The van der Waals surface area contributed by atoms with Gasteiger partial charge in [-0.15, -0.1) is 0 Å². The topological polar surface area (TPSA) is 116 Å². The van der Waals surface area contributed by atoms with E-state index in [2.05, 4.69) is 10.3 Å². The maximum atomic E-state index is 14.0. The van der Waals surface area contributed by atoms with Crippen LogP contribution in [0.4, 0.5) is 18.9 Å². The number of sulfone groups is 1. The van der Waals surface area contributed by atoms with E-state index >= 15 is 0 Å². The molecule has 2 heterocycles. The minimum Gasteiger partial charge on any atom is -0.478 e. The quantitative estimate of drug-likeness (QED) is 0.366. The molecule has 1 aliphatic heterocycles. The zero-order valence-electron chi connectivity index (χ0n) is 17.8. The molecule has 3 N–H and O–H groups in total. The molecule has 0 aliphatic carbocycles. The number of aromatic nitrogens is 1. The largest absolute Gasteiger partial charge is 0.478 e. The Labute approximate surface area is 191 Å². The zero-order chi connectivity index (χ0) is 24.9. The molecule has 2 aromatic carbocycles. The van der Waals surface area contributed by atoms with Gasteiger partial charge in [0, 0.05) is 28.2 Å². The summed E-state index contributed by atoms with van der Waals surface area (Å²) in [5.41, 5.74) is 0.824. The molecule has 7 nitrogen and oxygen atoms in total. The first kappa shape index (κ1) is 23.3. The number of amides is 1. The molecule has 0 fully saturated rings. The third-order valence-corrected chi connectivity index (χ3v) is 7.23. The van der Waals surface area contributed by atoms with Crippen molar-refractivity contribution in [3.8, 4) is 0 Å². The van der Waals surface area contributed by atoms with Crippen molar-refractivity contribution in [1.29, 1.82) is 0 Å². The number of fused-ring (bicyclic) bond motifs is 1. The van der Waals surface area contributed by atoms with E-state index in [-0.39, 0.29) is 21.6 Å². The second-order valence-corrected chi connectivity index (χ2v) is 9.76. The highest BCUT2D eigenvalue weighted by molar-refractivity contribution is 7.90. The number of nitrogens with one attached hydrogen (secondary N) is 2. The Kier molecular flexibility index (Phi) is 5.60. The number of aromatic carboxylic acids is 1. The summed E-state index contributed by atoms with van der Waals surface area (Å²) in [6, 6.07) is 4.87. The maximum absolute atomic E-state index is 14.0. The van der Waals surface area contributed by atoms with Gasteiger partial charge >= 0.3 is 5.97 Å². The first-order valence-corrected chi connectivity index (χ1v) is 11.5. The second-order valence-electron chi connectivity index (χ2n) is 7.77. The number of aryl methyl sites for hydroxylation is 1. The molecule has 11 heteroatoms. The average Bonchev–Trinajstić information content (AvgIpc) is 3.23. The highest BCUT2D eigenvalue weighted by Crippen LogP contribution is 2.36. The minimum atomic E-state index is -4.33. The van der Waals surface area contributed by atoms with Gasteiger partial charge in [0.25, 0.3) is 5.91 Å². The molecular weight excluding hydrogens is 473 g/mol. The van der Waals surface area contributed by atoms with Crippen LogP contribution in [0, 0.1) is 31.3 Å². The molecule has 1 aromatic heterocycles.